The van der Waals surface area contributed by atoms with Gasteiger partial charge in [0.2, 0.25) is 0 Å². The van der Waals surface area contributed by atoms with Gasteiger partial charge >= 0.3 is 0 Å². The van der Waals surface area contributed by atoms with E-state index in [4.69, 9.17) is 0 Å². The summed E-state index contributed by atoms with van der Waals surface area (Å²) >= 11 is 0. The molecule has 0 spiro atoms. The molecule has 6 heavy (non-hydrogen) atoms. The van der Waals surface area contributed by atoms with Crippen LogP contribution in [0.25, 0.3) is 0 Å². The van der Waals surface area contributed by atoms with Crippen LogP contribution in [-0.4, -0.2) is 5.91 Å². The number of nitrogens with one attached hydrogen (secondary N) is 1. The monoisotopic (exact) mass is 256 g/mol. The SMILES string of the molecule is [CH2-]NC(C)=O.[W]. The van der Waals surface area contributed by atoms with E-state index in [9.17, 15) is 4.79 Å². The number of carbonyl (C=O) groups excluding carboxylic acids is 1. The van der Waals surface area contributed by atoms with E-state index in [2.05, 4.69) is 12.4 Å². The first-order valence-corrected chi connectivity index (χ1v) is 1.31. The minimum atomic E-state index is -0.106. The van der Waals surface area contributed by atoms with Gasteiger partial charge in [0.25, 0.3) is 0 Å². The first-order chi connectivity index (χ1) is 2.27. The summed E-state index contributed by atoms with van der Waals surface area (Å²) < 4.78 is 0. The largest absolute Gasteiger partial charge is 0.509 e. The summed E-state index contributed by atoms with van der Waals surface area (Å²) in [5.74, 6) is -0.106. The van der Waals surface area contributed by atoms with Crippen LogP contribution in [0.2, 0.25) is 0 Å². The Bertz CT molecular complexity index is 46.1. The second kappa shape index (κ2) is 5.16. The van der Waals surface area contributed by atoms with Crippen LogP contribution in [-0.2, 0) is 25.9 Å². The van der Waals surface area contributed by atoms with E-state index in [1.54, 1.807) is 0 Å². The molecule has 3 heteroatoms. The van der Waals surface area contributed by atoms with E-state index in [0.29, 0.717) is 0 Å². The summed E-state index contributed by atoms with van der Waals surface area (Å²) in [6.07, 6.45) is 0. The molecule has 0 heterocycles. The summed E-state index contributed by atoms with van der Waals surface area (Å²) in [5.41, 5.74) is 0. The summed E-state index contributed by atoms with van der Waals surface area (Å²) in [6.45, 7) is 1.41. The van der Waals surface area contributed by atoms with Gasteiger partial charge in [-0.2, -0.15) is 0 Å². The van der Waals surface area contributed by atoms with Crippen LogP contribution >= 0.6 is 0 Å². The first kappa shape index (κ1) is 9.48. The Labute approximate surface area is 51.6 Å². The Morgan fingerprint density at radius 2 is 2.00 bits per heavy atom. The molecule has 0 aliphatic rings. The van der Waals surface area contributed by atoms with Crippen molar-refractivity contribution in [2.24, 2.45) is 0 Å². The second-order valence-electron chi connectivity index (χ2n) is 0.733. The van der Waals surface area contributed by atoms with Gasteiger partial charge in [0.05, 0.1) is 0 Å². The van der Waals surface area contributed by atoms with E-state index in [0.717, 1.165) is 0 Å². The van der Waals surface area contributed by atoms with Crippen molar-refractivity contribution in [2.45, 2.75) is 6.92 Å². The molecular weight excluding hydrogens is 250 g/mol. The Morgan fingerprint density at radius 1 is 1.83 bits per heavy atom. The van der Waals surface area contributed by atoms with Gasteiger partial charge in [0.1, 0.15) is 0 Å². The van der Waals surface area contributed by atoms with E-state index in [1.807, 2.05) is 0 Å². The van der Waals surface area contributed by atoms with Gasteiger partial charge in [-0.15, -0.1) is 0 Å². The first-order valence-electron chi connectivity index (χ1n) is 1.31. The molecule has 0 aliphatic carbocycles. The van der Waals surface area contributed by atoms with Crippen LogP contribution in [0.5, 0.6) is 0 Å². The molecule has 0 rings (SSSR count). The third-order valence-corrected chi connectivity index (χ3v) is 0.249. The van der Waals surface area contributed by atoms with Crippen LogP contribution in [0.15, 0.2) is 0 Å². The second-order valence-corrected chi connectivity index (χ2v) is 0.733. The molecule has 0 saturated carbocycles. The molecule has 0 fully saturated rings. The zero-order valence-corrected chi connectivity index (χ0v) is 6.46. The Hall–Kier alpha value is 0.158. The molecule has 0 aromatic heterocycles. The van der Waals surface area contributed by atoms with E-state index in [-0.39, 0.29) is 27.0 Å². The minimum Gasteiger partial charge on any atom is -0.509 e. The third-order valence-electron chi connectivity index (χ3n) is 0.249. The Kier molecular flexibility index (Phi) is 8.15. The van der Waals surface area contributed by atoms with Crippen molar-refractivity contribution in [3.63, 3.8) is 0 Å². The molecule has 0 aliphatic heterocycles. The van der Waals surface area contributed by atoms with Crippen molar-refractivity contribution >= 4 is 5.91 Å². The van der Waals surface area contributed by atoms with Crippen molar-refractivity contribution in [3.05, 3.63) is 7.05 Å². The van der Waals surface area contributed by atoms with Gasteiger partial charge in [-0.3, -0.25) is 11.8 Å². The standard InChI is InChI=1S/C3H6NO.W/c1-3(5)4-2;/h2H2,1H3,(H,4,5);/q-1;. The predicted molar refractivity (Wildman–Crippen MR) is 19.2 cm³/mol. The summed E-state index contributed by atoms with van der Waals surface area (Å²) in [6, 6.07) is 0. The minimum absolute atomic E-state index is 0. The molecule has 2 nitrogen and oxygen atoms in total. The zero-order valence-electron chi connectivity index (χ0n) is 3.52. The molecule has 0 bridgehead atoms. The molecule has 36 valence electrons. The van der Waals surface area contributed by atoms with Gasteiger partial charge in [-0.25, -0.2) is 0 Å². The van der Waals surface area contributed by atoms with Gasteiger partial charge in [0.15, 0.2) is 5.91 Å². The maximum absolute atomic E-state index is 9.64. The fourth-order valence-corrected chi connectivity index (χ4v) is 0. The quantitative estimate of drug-likeness (QED) is 0.603. The van der Waals surface area contributed by atoms with Crippen molar-refractivity contribution < 1.29 is 25.9 Å². The van der Waals surface area contributed by atoms with E-state index < -0.39 is 0 Å². The predicted octanol–water partition coefficient (Wildman–Crippen LogP) is -0.0884. The topological polar surface area (TPSA) is 29.1 Å². The molecule has 1 amide bonds. The third kappa shape index (κ3) is 8.90. The van der Waals surface area contributed by atoms with Crippen LogP contribution < -0.4 is 5.32 Å². The molecule has 1 N–H and O–H groups in total. The van der Waals surface area contributed by atoms with Crippen LogP contribution in [0.3, 0.4) is 0 Å². The molecule has 0 unspecified atom stereocenters. The van der Waals surface area contributed by atoms with Gasteiger partial charge in [-0.05, 0) is 0 Å². The van der Waals surface area contributed by atoms with Crippen LogP contribution in [0.1, 0.15) is 6.92 Å². The number of rotatable bonds is 0. The van der Waals surface area contributed by atoms with Crippen molar-refractivity contribution in [1.82, 2.24) is 5.32 Å². The van der Waals surface area contributed by atoms with Crippen molar-refractivity contribution in [3.8, 4) is 0 Å². The summed E-state index contributed by atoms with van der Waals surface area (Å²) in [5, 5.41) is 2.14. The zero-order chi connectivity index (χ0) is 4.28. The normalized spacial score (nSPS) is 5.67. The van der Waals surface area contributed by atoms with Gasteiger partial charge in [-0.1, -0.05) is 0 Å². The average Bonchev–Trinajstić information content (AvgIpc) is 1.38. The molecule has 0 aromatic carbocycles. The fraction of sp³-hybridized carbons (Fsp3) is 0.333. The number of hydrogen-bond donors (Lipinski definition) is 1. The van der Waals surface area contributed by atoms with Crippen molar-refractivity contribution in [1.29, 1.82) is 0 Å². The number of amides is 1. The Balaban J connectivity index is 0. The van der Waals surface area contributed by atoms with E-state index in [1.165, 1.54) is 6.92 Å². The average molecular weight is 256 g/mol. The number of carbonyl (C=O) groups is 1. The molecule has 0 atom stereocenters. The summed E-state index contributed by atoms with van der Waals surface area (Å²) in [7, 11) is 3.09. The molecule has 0 saturated heterocycles. The summed E-state index contributed by atoms with van der Waals surface area (Å²) in [4.78, 5) is 9.64. The molecule has 0 aromatic rings. The van der Waals surface area contributed by atoms with Crippen LogP contribution in [0.4, 0.5) is 0 Å². The molecular formula is C3H6NOW-. The van der Waals surface area contributed by atoms with Gasteiger partial charge in [0, 0.05) is 28.0 Å². The smallest absolute Gasteiger partial charge is 0.187 e. The fourth-order valence-electron chi connectivity index (χ4n) is 0. The van der Waals surface area contributed by atoms with E-state index >= 15 is 0 Å². The van der Waals surface area contributed by atoms with Crippen LogP contribution in [0, 0.1) is 7.05 Å². The Morgan fingerprint density at radius 3 is 2.00 bits per heavy atom. The van der Waals surface area contributed by atoms with Gasteiger partial charge < -0.3 is 5.32 Å². The maximum Gasteiger partial charge on any atom is 0.187 e. The maximum atomic E-state index is 9.64. The molecule has 0 radical (unpaired) electrons. The van der Waals surface area contributed by atoms with Crippen molar-refractivity contribution in [2.75, 3.05) is 0 Å². The number of hydrogen-bond acceptors (Lipinski definition) is 1.